The van der Waals surface area contributed by atoms with E-state index in [0.29, 0.717) is 13.0 Å². The van der Waals surface area contributed by atoms with Gasteiger partial charge in [-0.3, -0.25) is 4.79 Å². The number of carbonyl (C=O) groups is 2. The Morgan fingerprint density at radius 3 is 2.54 bits per heavy atom. The Labute approximate surface area is 76.3 Å². The number of nitrogens with zero attached hydrogens (tertiary/aromatic N) is 1. The summed E-state index contributed by atoms with van der Waals surface area (Å²) in [4.78, 5) is 22.7. The van der Waals surface area contributed by atoms with Crippen LogP contribution in [0.15, 0.2) is 0 Å². The van der Waals surface area contributed by atoms with Crippen molar-refractivity contribution in [2.24, 2.45) is 0 Å². The van der Waals surface area contributed by atoms with Crippen LogP contribution < -0.4 is 0 Å². The molecule has 0 bridgehead atoms. The molecule has 1 aliphatic rings. The van der Waals surface area contributed by atoms with E-state index in [0.717, 1.165) is 0 Å². The van der Waals surface area contributed by atoms with Crippen LogP contribution in [-0.4, -0.2) is 47.7 Å². The molecule has 1 rings (SSSR count). The van der Waals surface area contributed by atoms with Gasteiger partial charge in [-0.05, 0) is 13.3 Å². The zero-order valence-electron chi connectivity index (χ0n) is 7.69. The molecule has 1 fully saturated rings. The van der Waals surface area contributed by atoms with E-state index in [2.05, 4.69) is 0 Å². The fourth-order valence-corrected chi connectivity index (χ4v) is 1.53. The normalized spacial score (nSPS) is 27.2. The van der Waals surface area contributed by atoms with Crippen molar-refractivity contribution >= 4 is 11.9 Å². The first-order chi connectivity index (χ1) is 6.04. The van der Waals surface area contributed by atoms with E-state index in [1.807, 2.05) is 6.92 Å². The van der Waals surface area contributed by atoms with Crippen LogP contribution in [0.25, 0.3) is 0 Å². The second-order valence-corrected chi connectivity index (χ2v) is 3.15. The predicted molar refractivity (Wildman–Crippen MR) is 44.2 cm³/mol. The van der Waals surface area contributed by atoms with E-state index < -0.39 is 11.9 Å². The lowest BCUT2D eigenvalue weighted by atomic mass is 10.1. The van der Waals surface area contributed by atoms with Gasteiger partial charge in [0.15, 0.2) is 0 Å². The third-order valence-electron chi connectivity index (χ3n) is 2.34. The molecule has 5 nitrogen and oxygen atoms in total. The minimum Gasteiger partial charge on any atom is -0.474 e. The van der Waals surface area contributed by atoms with Crippen LogP contribution in [0.2, 0.25) is 0 Å². The molecule has 13 heavy (non-hydrogen) atoms. The molecule has 2 atom stereocenters. The smallest absolute Gasteiger partial charge is 0.394 e. The lowest BCUT2D eigenvalue weighted by Gasteiger charge is -2.24. The molecule has 0 radical (unpaired) electrons. The quantitative estimate of drug-likeness (QED) is 0.573. The van der Waals surface area contributed by atoms with Crippen molar-refractivity contribution in [3.05, 3.63) is 0 Å². The summed E-state index contributed by atoms with van der Waals surface area (Å²) >= 11 is 0. The molecule has 1 saturated heterocycles. The van der Waals surface area contributed by atoms with Crippen LogP contribution in [0.1, 0.15) is 13.3 Å². The van der Waals surface area contributed by atoms with Gasteiger partial charge in [0, 0.05) is 13.7 Å². The van der Waals surface area contributed by atoms with E-state index in [1.165, 1.54) is 11.9 Å². The fourth-order valence-electron chi connectivity index (χ4n) is 1.53. The molecule has 0 aliphatic carbocycles. The van der Waals surface area contributed by atoms with Crippen molar-refractivity contribution in [1.82, 2.24) is 4.90 Å². The Balaban J connectivity index is 2.61. The molecule has 2 unspecified atom stereocenters. The number of carboxylic acid groups (broad SMARTS) is 1. The van der Waals surface area contributed by atoms with Crippen LogP contribution in [-0.2, 0) is 14.3 Å². The first kappa shape index (κ1) is 9.98. The van der Waals surface area contributed by atoms with Crippen LogP contribution in [0.3, 0.4) is 0 Å². The van der Waals surface area contributed by atoms with Gasteiger partial charge in [0.25, 0.3) is 0 Å². The van der Waals surface area contributed by atoms with Crippen molar-refractivity contribution in [1.29, 1.82) is 0 Å². The summed E-state index contributed by atoms with van der Waals surface area (Å²) in [5.74, 6) is -2.29. The highest BCUT2D eigenvalue weighted by atomic mass is 16.5. The molecule has 1 aliphatic heterocycles. The highest BCUT2D eigenvalue weighted by Crippen LogP contribution is 2.17. The Morgan fingerprint density at radius 2 is 2.15 bits per heavy atom. The molecule has 0 aromatic rings. The summed E-state index contributed by atoms with van der Waals surface area (Å²) in [7, 11) is 1.49. The van der Waals surface area contributed by atoms with E-state index in [1.54, 1.807) is 0 Å². The molecule has 5 heteroatoms. The molecular weight excluding hydrogens is 174 g/mol. The van der Waals surface area contributed by atoms with Gasteiger partial charge in [0.05, 0.1) is 12.1 Å². The highest BCUT2D eigenvalue weighted by Gasteiger charge is 2.32. The molecule has 1 amide bonds. The SMILES string of the molecule is CC1OCCC1N(C)C(=O)C(=O)O. The maximum Gasteiger partial charge on any atom is 0.394 e. The minimum atomic E-state index is -1.42. The van der Waals surface area contributed by atoms with Gasteiger partial charge < -0.3 is 14.7 Å². The number of likely N-dealkylation sites (N-methyl/N-ethyl adjacent to an activating group) is 1. The number of amides is 1. The number of ether oxygens (including phenoxy) is 1. The summed E-state index contributed by atoms with van der Waals surface area (Å²) in [6, 6.07) is -0.108. The van der Waals surface area contributed by atoms with Gasteiger partial charge >= 0.3 is 11.9 Å². The Kier molecular flexibility index (Phi) is 2.87. The summed E-state index contributed by atoms with van der Waals surface area (Å²) in [5.41, 5.74) is 0. The van der Waals surface area contributed by atoms with Crippen molar-refractivity contribution in [3.8, 4) is 0 Å². The number of carbonyl (C=O) groups excluding carboxylic acids is 1. The zero-order chi connectivity index (χ0) is 10.0. The Hall–Kier alpha value is -1.10. The van der Waals surface area contributed by atoms with Crippen LogP contribution in [0.5, 0.6) is 0 Å². The third kappa shape index (κ3) is 1.98. The molecule has 0 spiro atoms. The van der Waals surface area contributed by atoms with Gasteiger partial charge in [-0.2, -0.15) is 0 Å². The van der Waals surface area contributed by atoms with E-state index >= 15 is 0 Å². The van der Waals surface area contributed by atoms with Crippen molar-refractivity contribution in [2.45, 2.75) is 25.5 Å². The van der Waals surface area contributed by atoms with Gasteiger partial charge in [0.1, 0.15) is 0 Å². The molecule has 1 heterocycles. The summed E-state index contributed by atoms with van der Waals surface area (Å²) in [6.07, 6.45) is 0.629. The lowest BCUT2D eigenvalue weighted by molar-refractivity contribution is -0.156. The topological polar surface area (TPSA) is 66.8 Å². The number of rotatable bonds is 1. The molecule has 1 N–H and O–H groups in total. The van der Waals surface area contributed by atoms with E-state index in [-0.39, 0.29) is 12.1 Å². The first-order valence-corrected chi connectivity index (χ1v) is 4.15. The van der Waals surface area contributed by atoms with Crippen LogP contribution in [0.4, 0.5) is 0 Å². The van der Waals surface area contributed by atoms with Crippen LogP contribution >= 0.6 is 0 Å². The second-order valence-electron chi connectivity index (χ2n) is 3.15. The van der Waals surface area contributed by atoms with Crippen molar-refractivity contribution in [2.75, 3.05) is 13.7 Å². The van der Waals surface area contributed by atoms with E-state index in [9.17, 15) is 9.59 Å². The predicted octanol–water partition coefficient (Wildman–Crippen LogP) is -0.293. The summed E-state index contributed by atoms with van der Waals surface area (Å²) in [6.45, 7) is 2.42. The molecule has 0 aromatic heterocycles. The Morgan fingerprint density at radius 1 is 1.54 bits per heavy atom. The number of carboxylic acids is 1. The first-order valence-electron chi connectivity index (χ1n) is 4.15. The second kappa shape index (κ2) is 3.74. The van der Waals surface area contributed by atoms with Gasteiger partial charge in [-0.1, -0.05) is 0 Å². The minimum absolute atomic E-state index is 0.0756. The lowest BCUT2D eigenvalue weighted by Crippen LogP contribution is -2.44. The number of hydrogen-bond acceptors (Lipinski definition) is 3. The Bertz CT molecular complexity index is 228. The largest absolute Gasteiger partial charge is 0.474 e. The zero-order valence-corrected chi connectivity index (χ0v) is 7.69. The van der Waals surface area contributed by atoms with Gasteiger partial charge in [-0.15, -0.1) is 0 Å². The van der Waals surface area contributed by atoms with Gasteiger partial charge in [-0.25, -0.2) is 4.79 Å². The van der Waals surface area contributed by atoms with Gasteiger partial charge in [0.2, 0.25) is 0 Å². The summed E-state index contributed by atoms with van der Waals surface area (Å²) in [5, 5.41) is 8.47. The van der Waals surface area contributed by atoms with Crippen molar-refractivity contribution < 1.29 is 19.4 Å². The standard InChI is InChI=1S/C8H13NO4/c1-5-6(3-4-13-5)9(2)7(10)8(11)12/h5-6H,3-4H2,1-2H3,(H,11,12). The van der Waals surface area contributed by atoms with Crippen LogP contribution in [0, 0.1) is 0 Å². The molecular formula is C8H13NO4. The van der Waals surface area contributed by atoms with E-state index in [4.69, 9.17) is 9.84 Å². The molecule has 0 aromatic carbocycles. The average molecular weight is 187 g/mol. The number of aliphatic carboxylic acids is 1. The monoisotopic (exact) mass is 187 g/mol. The average Bonchev–Trinajstić information content (AvgIpc) is 2.48. The summed E-state index contributed by atoms with van der Waals surface area (Å²) < 4.78 is 5.23. The third-order valence-corrected chi connectivity index (χ3v) is 2.34. The number of hydrogen-bond donors (Lipinski definition) is 1. The maximum absolute atomic E-state index is 11.0. The molecule has 0 saturated carbocycles. The van der Waals surface area contributed by atoms with Crippen molar-refractivity contribution in [3.63, 3.8) is 0 Å². The maximum atomic E-state index is 11.0. The molecule has 74 valence electrons. The highest BCUT2D eigenvalue weighted by molar-refractivity contribution is 6.31. The fraction of sp³-hybridized carbons (Fsp3) is 0.750.